The second-order valence-corrected chi connectivity index (χ2v) is 5.18. The summed E-state index contributed by atoms with van der Waals surface area (Å²) in [6, 6.07) is 6.06. The highest BCUT2D eigenvalue weighted by Gasteiger charge is 2.34. The van der Waals surface area contributed by atoms with Crippen LogP contribution >= 0.6 is 0 Å². The number of benzene rings is 1. The molecule has 1 aromatic rings. The molecule has 0 bridgehead atoms. The van der Waals surface area contributed by atoms with Crippen LogP contribution in [0.3, 0.4) is 0 Å². The van der Waals surface area contributed by atoms with Gasteiger partial charge in [0, 0.05) is 0 Å². The maximum absolute atomic E-state index is 11.0. The van der Waals surface area contributed by atoms with Gasteiger partial charge in [-0.3, -0.25) is 4.79 Å². The molecule has 1 N–H and O–H groups in total. The molecule has 0 radical (unpaired) electrons. The summed E-state index contributed by atoms with van der Waals surface area (Å²) in [4.78, 5) is 11.0. The van der Waals surface area contributed by atoms with Crippen LogP contribution in [0.4, 0.5) is 0 Å². The molecule has 2 rings (SSSR count). The second kappa shape index (κ2) is 4.81. The zero-order chi connectivity index (χ0) is 13.3. The van der Waals surface area contributed by atoms with Crippen LogP contribution in [0.5, 0.6) is 0 Å². The normalized spacial score (nSPS) is 16.1. The lowest BCUT2D eigenvalue weighted by molar-refractivity contribution is -0.137. The summed E-state index contributed by atoms with van der Waals surface area (Å²) in [6.45, 7) is 3.92. The summed E-state index contributed by atoms with van der Waals surface area (Å²) >= 11 is 0. The number of hydrogen-bond donors (Lipinski definition) is 1. The van der Waals surface area contributed by atoms with Gasteiger partial charge in [-0.15, -0.1) is 0 Å². The van der Waals surface area contributed by atoms with Crippen LogP contribution < -0.4 is 0 Å². The topological polar surface area (TPSA) is 61.1 Å². The third kappa shape index (κ3) is 2.53. The summed E-state index contributed by atoms with van der Waals surface area (Å²) in [5.74, 6) is -0.213. The zero-order valence-electron chi connectivity index (χ0n) is 10.7. The van der Waals surface area contributed by atoms with Crippen molar-refractivity contribution in [1.82, 2.24) is 0 Å². The van der Waals surface area contributed by atoms with Crippen molar-refractivity contribution < 1.29 is 9.90 Å². The molecule has 0 spiro atoms. The number of carboxylic acids is 1. The summed E-state index contributed by atoms with van der Waals surface area (Å²) in [5, 5.41) is 18.1. The van der Waals surface area contributed by atoms with E-state index in [1.165, 1.54) is 0 Å². The largest absolute Gasteiger partial charge is 0.481 e. The Labute approximate surface area is 107 Å². The number of hydrogen-bond acceptors (Lipinski definition) is 2. The first kappa shape index (κ1) is 12.6. The van der Waals surface area contributed by atoms with Gasteiger partial charge in [0.25, 0.3) is 0 Å². The minimum atomic E-state index is -0.759. The summed E-state index contributed by atoms with van der Waals surface area (Å²) < 4.78 is 0. The Balaban J connectivity index is 2.41. The monoisotopic (exact) mass is 243 g/mol. The van der Waals surface area contributed by atoms with Crippen LogP contribution in [-0.4, -0.2) is 11.1 Å². The van der Waals surface area contributed by atoms with E-state index in [2.05, 4.69) is 6.07 Å². The summed E-state index contributed by atoms with van der Waals surface area (Å²) in [7, 11) is 0. The average Bonchev–Trinajstić information content (AvgIpc) is 3.10. The molecule has 1 unspecified atom stereocenters. The molecule has 0 aromatic heterocycles. The molecule has 0 heterocycles. The molecule has 1 saturated carbocycles. The Morgan fingerprint density at radius 3 is 2.61 bits per heavy atom. The molecule has 0 amide bonds. The maximum atomic E-state index is 11.0. The number of nitrogens with zero attached hydrogens (tertiary/aromatic N) is 1. The van der Waals surface area contributed by atoms with Crippen LogP contribution in [0.1, 0.15) is 47.4 Å². The molecule has 1 aliphatic rings. The molecular formula is C15H17NO2. The Morgan fingerprint density at radius 2 is 2.11 bits per heavy atom. The van der Waals surface area contributed by atoms with Gasteiger partial charge < -0.3 is 5.11 Å². The van der Waals surface area contributed by atoms with Crippen molar-refractivity contribution in [1.29, 1.82) is 5.26 Å². The van der Waals surface area contributed by atoms with E-state index in [0.29, 0.717) is 11.5 Å². The lowest BCUT2D eigenvalue weighted by Crippen LogP contribution is -2.10. The van der Waals surface area contributed by atoms with Crippen molar-refractivity contribution in [3.05, 3.63) is 34.4 Å². The van der Waals surface area contributed by atoms with E-state index in [9.17, 15) is 4.79 Å². The SMILES string of the molecule is Cc1cc(C)c(C(CC(=O)O)C2CC2)cc1C#N. The van der Waals surface area contributed by atoms with Gasteiger partial charge in [-0.2, -0.15) is 5.26 Å². The van der Waals surface area contributed by atoms with Gasteiger partial charge in [0.05, 0.1) is 18.1 Å². The van der Waals surface area contributed by atoms with Crippen LogP contribution in [0, 0.1) is 31.1 Å². The smallest absolute Gasteiger partial charge is 0.303 e. The molecular weight excluding hydrogens is 226 g/mol. The van der Waals surface area contributed by atoms with E-state index in [-0.39, 0.29) is 12.3 Å². The van der Waals surface area contributed by atoms with Gasteiger partial charge in [0.1, 0.15) is 0 Å². The molecule has 1 aliphatic carbocycles. The third-order valence-electron chi connectivity index (χ3n) is 3.72. The highest BCUT2D eigenvalue weighted by atomic mass is 16.4. The fraction of sp³-hybridized carbons (Fsp3) is 0.467. The fourth-order valence-electron chi connectivity index (χ4n) is 2.61. The predicted molar refractivity (Wildman–Crippen MR) is 68.3 cm³/mol. The number of carbonyl (C=O) groups is 1. The van der Waals surface area contributed by atoms with E-state index < -0.39 is 5.97 Å². The van der Waals surface area contributed by atoms with E-state index in [1.54, 1.807) is 0 Å². The van der Waals surface area contributed by atoms with Crippen molar-refractivity contribution >= 4 is 5.97 Å². The van der Waals surface area contributed by atoms with Gasteiger partial charge in [-0.05, 0) is 61.3 Å². The van der Waals surface area contributed by atoms with E-state index in [0.717, 1.165) is 29.5 Å². The quantitative estimate of drug-likeness (QED) is 0.883. The van der Waals surface area contributed by atoms with E-state index in [4.69, 9.17) is 10.4 Å². The lowest BCUT2D eigenvalue weighted by Gasteiger charge is -2.18. The van der Waals surface area contributed by atoms with Crippen LogP contribution in [0.2, 0.25) is 0 Å². The Hall–Kier alpha value is -1.82. The molecule has 1 aromatic carbocycles. The first-order valence-electron chi connectivity index (χ1n) is 6.26. The maximum Gasteiger partial charge on any atom is 0.303 e. The van der Waals surface area contributed by atoms with Crippen molar-refractivity contribution in [3.8, 4) is 6.07 Å². The van der Waals surface area contributed by atoms with E-state index in [1.807, 2.05) is 26.0 Å². The Bertz CT molecular complexity index is 524. The standard InChI is InChI=1S/C15H17NO2/c1-9-5-10(2)13(6-12(9)8-16)14(7-15(17)18)11-3-4-11/h5-6,11,14H,3-4,7H2,1-2H3,(H,17,18). The molecule has 1 fully saturated rings. The minimum Gasteiger partial charge on any atom is -0.481 e. The molecule has 94 valence electrons. The van der Waals surface area contributed by atoms with Gasteiger partial charge in [-0.1, -0.05) is 6.07 Å². The third-order valence-corrected chi connectivity index (χ3v) is 3.72. The predicted octanol–water partition coefficient (Wildman–Crippen LogP) is 3.14. The molecule has 3 heteroatoms. The van der Waals surface area contributed by atoms with Gasteiger partial charge >= 0.3 is 5.97 Å². The highest BCUT2D eigenvalue weighted by Crippen LogP contribution is 2.45. The number of nitriles is 1. The Morgan fingerprint density at radius 1 is 1.44 bits per heavy atom. The minimum absolute atomic E-state index is 0.0650. The first-order valence-corrected chi connectivity index (χ1v) is 6.26. The number of rotatable bonds is 4. The number of aliphatic carboxylic acids is 1. The molecule has 1 atom stereocenters. The summed E-state index contributed by atoms with van der Waals surface area (Å²) in [5.41, 5.74) is 3.77. The summed E-state index contributed by atoms with van der Waals surface area (Å²) in [6.07, 6.45) is 2.37. The highest BCUT2D eigenvalue weighted by molar-refractivity contribution is 5.68. The molecule has 0 saturated heterocycles. The van der Waals surface area contributed by atoms with Crippen LogP contribution in [0.25, 0.3) is 0 Å². The van der Waals surface area contributed by atoms with Gasteiger partial charge in [0.2, 0.25) is 0 Å². The van der Waals surface area contributed by atoms with Crippen molar-refractivity contribution in [2.24, 2.45) is 5.92 Å². The van der Waals surface area contributed by atoms with Crippen molar-refractivity contribution in [2.45, 2.75) is 39.0 Å². The molecule has 0 aliphatic heterocycles. The first-order chi connectivity index (χ1) is 8.52. The lowest BCUT2D eigenvalue weighted by atomic mass is 9.86. The molecule has 18 heavy (non-hydrogen) atoms. The average molecular weight is 243 g/mol. The van der Waals surface area contributed by atoms with Crippen molar-refractivity contribution in [3.63, 3.8) is 0 Å². The van der Waals surface area contributed by atoms with Crippen LogP contribution in [0.15, 0.2) is 12.1 Å². The number of aryl methyl sites for hydroxylation is 2. The fourth-order valence-corrected chi connectivity index (χ4v) is 2.61. The van der Waals surface area contributed by atoms with Crippen molar-refractivity contribution in [2.75, 3.05) is 0 Å². The number of carboxylic acid groups (broad SMARTS) is 1. The molecule has 3 nitrogen and oxygen atoms in total. The Kier molecular flexibility index (Phi) is 3.38. The zero-order valence-corrected chi connectivity index (χ0v) is 10.7. The second-order valence-electron chi connectivity index (χ2n) is 5.18. The van der Waals surface area contributed by atoms with Gasteiger partial charge in [0.15, 0.2) is 0 Å². The van der Waals surface area contributed by atoms with Gasteiger partial charge in [-0.25, -0.2) is 0 Å². The van der Waals surface area contributed by atoms with Crippen LogP contribution in [-0.2, 0) is 4.79 Å². The van der Waals surface area contributed by atoms with E-state index >= 15 is 0 Å².